The predicted molar refractivity (Wildman–Crippen MR) is 74.3 cm³/mol. The van der Waals surface area contributed by atoms with Crippen LogP contribution in [-0.4, -0.2) is 24.1 Å². The Kier molecular flexibility index (Phi) is 4.85. The fraction of sp³-hybridized carbons (Fsp3) is 0.500. The largest absolute Gasteiger partial charge is 0.490 e. The van der Waals surface area contributed by atoms with Gasteiger partial charge in [-0.3, -0.25) is 10.1 Å². The molecule has 1 aliphatic rings. The van der Waals surface area contributed by atoms with Crippen LogP contribution < -0.4 is 10.1 Å². The minimum absolute atomic E-state index is 0.141. The van der Waals surface area contributed by atoms with E-state index in [0.29, 0.717) is 18.4 Å². The molecule has 0 bridgehead atoms. The minimum atomic E-state index is -0.541. The van der Waals surface area contributed by atoms with Crippen LogP contribution in [-0.2, 0) is 0 Å². The molecule has 0 aliphatic heterocycles. The number of benzene rings is 1. The third-order valence-electron chi connectivity index (χ3n) is 2.77. The Morgan fingerprint density at radius 2 is 2.00 bits per heavy atom. The molecule has 1 aliphatic carbocycles. The first-order chi connectivity index (χ1) is 9.08. The quantitative estimate of drug-likeness (QED) is 0.476. The Labute approximate surface area is 121 Å². The Hall–Kier alpha value is -1.04. The van der Waals surface area contributed by atoms with Gasteiger partial charge in [-0.15, -0.1) is 0 Å². The van der Waals surface area contributed by atoms with E-state index in [0.717, 1.165) is 13.0 Å². The molecular weight excluding hydrogens is 291 g/mol. The lowest BCUT2D eigenvalue weighted by Gasteiger charge is -2.10. The number of nitro groups is 1. The number of hydrogen-bond acceptors (Lipinski definition) is 4. The van der Waals surface area contributed by atoms with Gasteiger partial charge in [0, 0.05) is 18.2 Å². The van der Waals surface area contributed by atoms with E-state index in [2.05, 4.69) is 5.32 Å². The average molecular weight is 305 g/mol. The molecule has 0 saturated heterocycles. The van der Waals surface area contributed by atoms with Crippen molar-refractivity contribution in [2.24, 2.45) is 0 Å². The van der Waals surface area contributed by atoms with Crippen molar-refractivity contribution < 1.29 is 9.66 Å². The van der Waals surface area contributed by atoms with Crippen LogP contribution in [0.4, 0.5) is 5.69 Å². The zero-order chi connectivity index (χ0) is 13.8. The van der Waals surface area contributed by atoms with Gasteiger partial charge in [0.1, 0.15) is 0 Å². The number of ether oxygens (including phenoxy) is 1. The third kappa shape index (κ3) is 4.23. The highest BCUT2D eigenvalue weighted by Crippen LogP contribution is 2.36. The number of nitro benzene ring substituents is 1. The van der Waals surface area contributed by atoms with Gasteiger partial charge in [-0.25, -0.2) is 0 Å². The first-order valence-corrected chi connectivity index (χ1v) is 6.83. The van der Waals surface area contributed by atoms with Crippen LogP contribution in [0.3, 0.4) is 0 Å². The van der Waals surface area contributed by atoms with Crippen LogP contribution in [0.1, 0.15) is 19.3 Å². The maximum atomic E-state index is 10.6. The van der Waals surface area contributed by atoms with Gasteiger partial charge in [0.15, 0.2) is 5.75 Å². The highest BCUT2D eigenvalue weighted by Gasteiger charge is 2.19. The Bertz CT molecular complexity index is 455. The molecule has 104 valence electrons. The molecule has 1 saturated carbocycles. The lowest BCUT2D eigenvalue weighted by atomic mass is 10.3. The summed E-state index contributed by atoms with van der Waals surface area (Å²) in [5, 5.41) is 14.3. The summed E-state index contributed by atoms with van der Waals surface area (Å²) >= 11 is 11.8. The van der Waals surface area contributed by atoms with Crippen LogP contribution in [0.15, 0.2) is 12.1 Å². The van der Waals surface area contributed by atoms with Gasteiger partial charge in [-0.1, -0.05) is 23.2 Å². The van der Waals surface area contributed by atoms with E-state index in [1.54, 1.807) is 0 Å². The molecule has 7 heteroatoms. The lowest BCUT2D eigenvalue weighted by Crippen LogP contribution is -2.19. The number of nitrogens with zero attached hydrogens (tertiary/aromatic N) is 1. The zero-order valence-corrected chi connectivity index (χ0v) is 11.7. The van der Waals surface area contributed by atoms with Crippen molar-refractivity contribution in [3.8, 4) is 5.75 Å². The number of non-ortho nitro benzene ring substituents is 1. The molecule has 2 rings (SSSR count). The Morgan fingerprint density at radius 1 is 1.37 bits per heavy atom. The van der Waals surface area contributed by atoms with E-state index in [-0.39, 0.29) is 15.7 Å². The fourth-order valence-corrected chi connectivity index (χ4v) is 2.21. The standard InChI is InChI=1S/C12H14Cl2N2O3/c13-10-6-9(16(17)18)7-11(14)12(10)19-5-1-4-15-8-2-3-8/h6-8,15H,1-5H2. The third-order valence-corrected chi connectivity index (χ3v) is 3.33. The van der Waals surface area contributed by atoms with Gasteiger partial charge in [-0.05, 0) is 25.8 Å². The van der Waals surface area contributed by atoms with Gasteiger partial charge in [-0.2, -0.15) is 0 Å². The molecule has 0 amide bonds. The van der Waals surface area contributed by atoms with Crippen molar-refractivity contribution in [1.29, 1.82) is 0 Å². The summed E-state index contributed by atoms with van der Waals surface area (Å²) < 4.78 is 5.48. The summed E-state index contributed by atoms with van der Waals surface area (Å²) in [7, 11) is 0. The second-order valence-electron chi connectivity index (χ2n) is 4.43. The van der Waals surface area contributed by atoms with Gasteiger partial charge in [0.2, 0.25) is 0 Å². The molecule has 19 heavy (non-hydrogen) atoms. The van der Waals surface area contributed by atoms with Gasteiger partial charge in [0.05, 0.1) is 21.6 Å². The second-order valence-corrected chi connectivity index (χ2v) is 5.24. The fourth-order valence-electron chi connectivity index (χ4n) is 1.63. The molecule has 0 atom stereocenters. The van der Waals surface area contributed by atoms with E-state index < -0.39 is 4.92 Å². The molecule has 0 aromatic heterocycles. The highest BCUT2D eigenvalue weighted by molar-refractivity contribution is 6.37. The average Bonchev–Trinajstić information content (AvgIpc) is 3.15. The van der Waals surface area contributed by atoms with Crippen molar-refractivity contribution in [1.82, 2.24) is 5.32 Å². The smallest absolute Gasteiger partial charge is 0.272 e. The summed E-state index contributed by atoms with van der Waals surface area (Å²) in [6, 6.07) is 3.16. The van der Waals surface area contributed by atoms with E-state index in [1.165, 1.54) is 25.0 Å². The monoisotopic (exact) mass is 304 g/mol. The van der Waals surface area contributed by atoms with E-state index >= 15 is 0 Å². The van der Waals surface area contributed by atoms with Gasteiger partial charge in [0.25, 0.3) is 5.69 Å². The van der Waals surface area contributed by atoms with Gasteiger partial charge >= 0.3 is 0 Å². The highest BCUT2D eigenvalue weighted by atomic mass is 35.5. The molecule has 1 N–H and O–H groups in total. The first-order valence-electron chi connectivity index (χ1n) is 6.07. The van der Waals surface area contributed by atoms with Crippen molar-refractivity contribution in [2.45, 2.75) is 25.3 Å². The maximum Gasteiger partial charge on any atom is 0.272 e. The Morgan fingerprint density at radius 3 is 2.53 bits per heavy atom. The van der Waals surface area contributed by atoms with Crippen LogP contribution in [0.5, 0.6) is 5.75 Å². The molecule has 1 aromatic rings. The summed E-state index contributed by atoms with van der Waals surface area (Å²) in [6.07, 6.45) is 3.34. The second kappa shape index (κ2) is 6.41. The zero-order valence-electron chi connectivity index (χ0n) is 10.2. The summed E-state index contributed by atoms with van der Waals surface area (Å²) in [6.45, 7) is 1.35. The van der Waals surface area contributed by atoms with Gasteiger partial charge < -0.3 is 10.1 Å². The normalized spacial score (nSPS) is 14.4. The minimum Gasteiger partial charge on any atom is -0.490 e. The summed E-state index contributed by atoms with van der Waals surface area (Å²) in [5.41, 5.74) is -0.141. The Balaban J connectivity index is 1.86. The molecule has 0 unspecified atom stereocenters. The topological polar surface area (TPSA) is 64.4 Å². The van der Waals surface area contributed by atoms with Crippen molar-refractivity contribution in [2.75, 3.05) is 13.2 Å². The number of nitrogens with one attached hydrogen (secondary N) is 1. The molecule has 0 heterocycles. The van der Waals surface area contributed by atoms with E-state index in [1.807, 2.05) is 0 Å². The summed E-state index contributed by atoms with van der Waals surface area (Å²) in [4.78, 5) is 10.1. The number of halogens is 2. The number of rotatable bonds is 7. The lowest BCUT2D eigenvalue weighted by molar-refractivity contribution is -0.384. The molecule has 1 fully saturated rings. The van der Waals surface area contributed by atoms with Crippen molar-refractivity contribution in [3.05, 3.63) is 32.3 Å². The molecular formula is C12H14Cl2N2O3. The summed E-state index contributed by atoms with van der Waals surface area (Å²) in [5.74, 6) is 0.306. The molecule has 5 nitrogen and oxygen atoms in total. The molecule has 1 aromatic carbocycles. The van der Waals surface area contributed by atoms with Crippen molar-refractivity contribution >= 4 is 28.9 Å². The molecule has 0 radical (unpaired) electrons. The van der Waals surface area contributed by atoms with E-state index in [4.69, 9.17) is 27.9 Å². The van der Waals surface area contributed by atoms with Crippen LogP contribution in [0, 0.1) is 10.1 Å². The number of hydrogen-bond donors (Lipinski definition) is 1. The predicted octanol–water partition coefficient (Wildman–Crippen LogP) is 3.42. The molecule has 0 spiro atoms. The maximum absolute atomic E-state index is 10.6. The first kappa shape index (κ1) is 14.4. The van der Waals surface area contributed by atoms with Crippen LogP contribution in [0.25, 0.3) is 0 Å². The van der Waals surface area contributed by atoms with Crippen LogP contribution in [0.2, 0.25) is 10.0 Å². The van der Waals surface area contributed by atoms with Crippen molar-refractivity contribution in [3.63, 3.8) is 0 Å². The SMILES string of the molecule is O=[N+]([O-])c1cc(Cl)c(OCCCNC2CC2)c(Cl)c1. The van der Waals surface area contributed by atoms with E-state index in [9.17, 15) is 10.1 Å². The van der Waals surface area contributed by atoms with Crippen LogP contribution >= 0.6 is 23.2 Å².